The van der Waals surface area contributed by atoms with Gasteiger partial charge in [0.15, 0.2) is 0 Å². The van der Waals surface area contributed by atoms with Crippen LogP contribution in [0.5, 0.6) is 5.75 Å². The van der Waals surface area contributed by atoms with Crippen LogP contribution in [0.3, 0.4) is 0 Å². The van der Waals surface area contributed by atoms with Crippen LogP contribution in [-0.4, -0.2) is 24.7 Å². The third kappa shape index (κ3) is 3.67. The average Bonchev–Trinajstić information content (AvgIpc) is 2.70. The van der Waals surface area contributed by atoms with Crippen molar-refractivity contribution in [3.8, 4) is 11.8 Å². The van der Waals surface area contributed by atoms with Crippen LogP contribution in [0.15, 0.2) is 40.5 Å². The summed E-state index contributed by atoms with van der Waals surface area (Å²) in [6.45, 7) is 3.58. The Morgan fingerprint density at radius 2 is 2.10 bits per heavy atom. The summed E-state index contributed by atoms with van der Waals surface area (Å²) in [5.41, 5.74) is 9.40. The summed E-state index contributed by atoms with van der Waals surface area (Å²) in [4.78, 5) is 28.5. The number of methoxy groups -OCH3 is 1. The number of nitrogens with zero attached hydrogens (tertiary/aromatic N) is 1. The van der Waals surface area contributed by atoms with Crippen molar-refractivity contribution < 1.29 is 14.3 Å². The summed E-state index contributed by atoms with van der Waals surface area (Å²) in [5, 5.41) is 11.9. The number of anilines is 2. The number of nitrogen functional groups attached to an aromatic ring is 1. The van der Waals surface area contributed by atoms with Crippen molar-refractivity contribution in [2.75, 3.05) is 24.8 Å². The molecule has 1 unspecified atom stereocenters. The molecule has 8 nitrogen and oxygen atoms in total. The second-order valence-electron chi connectivity index (χ2n) is 6.73. The predicted molar refractivity (Wildman–Crippen MR) is 109 cm³/mol. The summed E-state index contributed by atoms with van der Waals surface area (Å²) < 4.78 is 10.8. The molecule has 0 amide bonds. The summed E-state index contributed by atoms with van der Waals surface area (Å²) in [6, 6.07) is 7.02. The Morgan fingerprint density at radius 3 is 2.79 bits per heavy atom. The fourth-order valence-corrected chi connectivity index (χ4v) is 3.52. The minimum absolute atomic E-state index is 0.0330. The lowest BCUT2D eigenvalue weighted by molar-refractivity contribution is -0.139. The van der Waals surface area contributed by atoms with E-state index < -0.39 is 11.9 Å². The van der Waals surface area contributed by atoms with Crippen molar-refractivity contribution >= 4 is 17.3 Å². The third-order valence-corrected chi connectivity index (χ3v) is 4.86. The average molecular weight is 394 g/mol. The Hall–Kier alpha value is -3.73. The SMILES string of the molecule is COc1cc(N)ccc1C1C(C(=O)OCCC#N)=C(C)Nc2c(C)c[nH]c(=O)c21. The first-order chi connectivity index (χ1) is 13.9. The second kappa shape index (κ2) is 8.10. The van der Waals surface area contributed by atoms with E-state index in [4.69, 9.17) is 20.5 Å². The van der Waals surface area contributed by atoms with E-state index in [1.165, 1.54) is 7.11 Å². The van der Waals surface area contributed by atoms with Gasteiger partial charge in [-0.2, -0.15) is 5.26 Å². The van der Waals surface area contributed by atoms with E-state index in [9.17, 15) is 9.59 Å². The highest BCUT2D eigenvalue weighted by molar-refractivity contribution is 5.95. The summed E-state index contributed by atoms with van der Waals surface area (Å²) in [7, 11) is 1.50. The van der Waals surface area contributed by atoms with E-state index in [0.29, 0.717) is 33.9 Å². The number of rotatable bonds is 5. The molecule has 0 fully saturated rings. The highest BCUT2D eigenvalue weighted by Crippen LogP contribution is 2.44. The number of fused-ring (bicyclic) bond motifs is 1. The maximum absolute atomic E-state index is 12.9. The first-order valence-electron chi connectivity index (χ1n) is 9.06. The molecule has 2 heterocycles. The van der Waals surface area contributed by atoms with Gasteiger partial charge in [-0.1, -0.05) is 6.07 Å². The lowest BCUT2D eigenvalue weighted by Crippen LogP contribution is -2.30. The molecule has 150 valence electrons. The molecule has 2 aromatic rings. The van der Waals surface area contributed by atoms with Gasteiger partial charge in [0.1, 0.15) is 12.4 Å². The van der Waals surface area contributed by atoms with E-state index in [-0.39, 0.29) is 24.2 Å². The smallest absolute Gasteiger partial charge is 0.336 e. The van der Waals surface area contributed by atoms with Crippen molar-refractivity contribution in [3.63, 3.8) is 0 Å². The van der Waals surface area contributed by atoms with E-state index in [0.717, 1.165) is 5.56 Å². The van der Waals surface area contributed by atoms with Crippen molar-refractivity contribution in [2.45, 2.75) is 26.2 Å². The summed E-state index contributed by atoms with van der Waals surface area (Å²) in [5.74, 6) is -0.861. The normalized spacial score (nSPS) is 15.2. The van der Waals surface area contributed by atoms with Gasteiger partial charge in [-0.25, -0.2) is 4.79 Å². The zero-order chi connectivity index (χ0) is 21.1. The van der Waals surface area contributed by atoms with E-state index in [2.05, 4.69) is 10.3 Å². The van der Waals surface area contributed by atoms with Crippen LogP contribution < -0.4 is 21.3 Å². The van der Waals surface area contributed by atoms with Crippen LogP contribution in [0.1, 0.15) is 36.0 Å². The maximum Gasteiger partial charge on any atom is 0.336 e. The number of esters is 1. The molecule has 3 rings (SSSR count). The predicted octanol–water partition coefficient (Wildman–Crippen LogP) is 2.56. The van der Waals surface area contributed by atoms with Gasteiger partial charge >= 0.3 is 5.97 Å². The number of benzene rings is 1. The minimum atomic E-state index is -0.722. The van der Waals surface area contributed by atoms with Crippen molar-refractivity contribution in [3.05, 3.63) is 62.7 Å². The van der Waals surface area contributed by atoms with Gasteiger partial charge in [-0.05, 0) is 25.5 Å². The monoisotopic (exact) mass is 394 g/mol. The summed E-state index contributed by atoms with van der Waals surface area (Å²) in [6.07, 6.45) is 1.70. The van der Waals surface area contributed by atoms with Crippen molar-refractivity contribution in [2.24, 2.45) is 0 Å². The van der Waals surface area contributed by atoms with E-state index >= 15 is 0 Å². The molecular formula is C21H22N4O4. The topological polar surface area (TPSA) is 130 Å². The van der Waals surface area contributed by atoms with Gasteiger partial charge in [0.05, 0.1) is 42.3 Å². The number of nitrogens with two attached hydrogens (primary N) is 1. The Labute approximate surface area is 167 Å². The Kier molecular flexibility index (Phi) is 5.59. The van der Waals surface area contributed by atoms with Gasteiger partial charge in [0, 0.05) is 29.2 Å². The van der Waals surface area contributed by atoms with Gasteiger partial charge in [0.2, 0.25) is 0 Å². The number of H-pyrrole nitrogens is 1. The number of carbonyl (C=O) groups is 1. The molecule has 1 aliphatic heterocycles. The lowest BCUT2D eigenvalue weighted by Gasteiger charge is -2.31. The molecule has 1 aromatic carbocycles. The molecule has 29 heavy (non-hydrogen) atoms. The van der Waals surface area contributed by atoms with Gasteiger partial charge < -0.3 is 25.5 Å². The number of carbonyl (C=O) groups excluding carboxylic acids is 1. The first kappa shape index (κ1) is 20.0. The first-order valence-corrected chi connectivity index (χ1v) is 9.06. The van der Waals surface area contributed by atoms with Crippen LogP contribution >= 0.6 is 0 Å². The number of pyridine rings is 1. The van der Waals surface area contributed by atoms with Crippen LogP contribution in [-0.2, 0) is 9.53 Å². The molecular weight excluding hydrogens is 372 g/mol. The molecule has 1 aromatic heterocycles. The zero-order valence-electron chi connectivity index (χ0n) is 16.5. The second-order valence-corrected chi connectivity index (χ2v) is 6.73. The largest absolute Gasteiger partial charge is 0.496 e. The fraction of sp³-hybridized carbons (Fsp3) is 0.286. The van der Waals surface area contributed by atoms with Gasteiger partial charge in [0.25, 0.3) is 5.56 Å². The highest BCUT2D eigenvalue weighted by Gasteiger charge is 2.37. The van der Waals surface area contributed by atoms with Gasteiger partial charge in [-0.3, -0.25) is 4.79 Å². The van der Waals surface area contributed by atoms with Crippen LogP contribution in [0.25, 0.3) is 0 Å². The lowest BCUT2D eigenvalue weighted by atomic mass is 9.80. The van der Waals surface area contributed by atoms with E-state index in [1.807, 2.05) is 13.0 Å². The van der Waals surface area contributed by atoms with Crippen LogP contribution in [0.2, 0.25) is 0 Å². The number of ether oxygens (including phenoxy) is 2. The molecule has 0 aliphatic carbocycles. The third-order valence-electron chi connectivity index (χ3n) is 4.86. The molecule has 0 saturated carbocycles. The standard InChI is InChI=1S/C21H22N4O4/c1-11-10-24-20(26)18-17(14-6-5-13(23)9-15(14)28-3)16(12(2)25-19(11)18)21(27)29-8-4-7-22/h5-6,9-10,17,25H,4,8,23H2,1-3H3,(H,24,26). The minimum Gasteiger partial charge on any atom is -0.496 e. The van der Waals surface area contributed by atoms with Crippen LogP contribution in [0.4, 0.5) is 11.4 Å². The van der Waals surface area contributed by atoms with E-state index in [1.54, 1.807) is 31.3 Å². The zero-order valence-corrected chi connectivity index (χ0v) is 16.5. The molecule has 8 heteroatoms. The molecule has 0 radical (unpaired) electrons. The van der Waals surface area contributed by atoms with Crippen LogP contribution in [0, 0.1) is 18.3 Å². The quantitative estimate of drug-likeness (QED) is 0.403. The number of nitrogens with one attached hydrogen (secondary N) is 2. The number of hydrogen-bond acceptors (Lipinski definition) is 7. The number of hydrogen-bond donors (Lipinski definition) is 3. The number of nitriles is 1. The molecule has 4 N–H and O–H groups in total. The maximum atomic E-state index is 12.9. The number of aromatic nitrogens is 1. The summed E-state index contributed by atoms with van der Waals surface area (Å²) >= 11 is 0. The number of allylic oxidation sites excluding steroid dienone is 1. The van der Waals surface area contributed by atoms with Crippen molar-refractivity contribution in [1.82, 2.24) is 4.98 Å². The molecule has 0 spiro atoms. The van der Waals surface area contributed by atoms with Crippen molar-refractivity contribution in [1.29, 1.82) is 5.26 Å². The highest BCUT2D eigenvalue weighted by atomic mass is 16.5. The molecule has 1 atom stereocenters. The molecule has 1 aliphatic rings. The molecule has 0 bridgehead atoms. The number of aromatic amines is 1. The Morgan fingerprint density at radius 1 is 1.34 bits per heavy atom. The Bertz CT molecular complexity index is 1090. The Balaban J connectivity index is 2.25. The number of aryl methyl sites for hydroxylation is 1. The van der Waals surface area contributed by atoms with Gasteiger partial charge in [-0.15, -0.1) is 0 Å². The molecule has 0 saturated heterocycles. The fourth-order valence-electron chi connectivity index (χ4n) is 3.52.